The monoisotopic (exact) mass is 198 g/mol. The van der Waals surface area contributed by atoms with E-state index < -0.39 is 5.91 Å². The van der Waals surface area contributed by atoms with Gasteiger partial charge in [0.25, 0.3) is 5.91 Å². The Kier molecular flexibility index (Phi) is 1.48. The van der Waals surface area contributed by atoms with E-state index in [0.717, 1.165) is 21.8 Å². The van der Waals surface area contributed by atoms with Crippen LogP contribution in [0.3, 0.4) is 0 Å². The molecule has 2 aliphatic heterocycles. The van der Waals surface area contributed by atoms with Gasteiger partial charge < -0.3 is 5.73 Å². The van der Waals surface area contributed by atoms with E-state index in [2.05, 4.69) is 10.3 Å². The van der Waals surface area contributed by atoms with Crippen molar-refractivity contribution in [2.24, 2.45) is 10.7 Å². The van der Waals surface area contributed by atoms with Crippen LogP contribution in [0.25, 0.3) is 12.2 Å². The van der Waals surface area contributed by atoms with Crippen LogP contribution < -0.4 is 21.5 Å². The maximum absolute atomic E-state index is 11.0. The third-order valence-electron chi connectivity index (χ3n) is 2.57. The number of rotatable bonds is 1. The zero-order valence-corrected chi connectivity index (χ0v) is 7.90. The number of amides is 1. The number of hydrogen-bond acceptors (Lipinski definition) is 2. The summed E-state index contributed by atoms with van der Waals surface area (Å²) < 4.78 is 0. The van der Waals surface area contributed by atoms with Crippen LogP contribution in [-0.4, -0.2) is 18.2 Å². The van der Waals surface area contributed by atoms with Crippen molar-refractivity contribution in [3.63, 3.8) is 0 Å². The summed E-state index contributed by atoms with van der Waals surface area (Å²) in [6.45, 7) is 0.700. The second kappa shape index (κ2) is 2.70. The second-order valence-corrected chi connectivity index (χ2v) is 3.48. The highest BCUT2D eigenvalue weighted by Crippen LogP contribution is 2.13. The van der Waals surface area contributed by atoms with Gasteiger partial charge in [0.15, 0.2) is 0 Å². The molecule has 1 aromatic rings. The minimum absolute atomic E-state index is 0.318. The van der Waals surface area contributed by atoms with Crippen molar-refractivity contribution in [1.29, 1.82) is 0 Å². The minimum atomic E-state index is -0.491. The molecule has 0 saturated heterocycles. The number of hydrogen-bond donors (Lipinski definition) is 1. The molecule has 4 heteroatoms. The first kappa shape index (κ1) is 8.23. The predicted molar refractivity (Wildman–Crippen MR) is 57.6 cm³/mol. The van der Waals surface area contributed by atoms with Crippen LogP contribution in [0, 0.1) is 0 Å². The number of carbonyl (C=O) groups excluding carboxylic acids is 1. The molecule has 0 unspecified atom stereocenters. The average molecular weight is 198 g/mol. The maximum atomic E-state index is 11.0. The Balaban J connectivity index is 2.33. The Morgan fingerprint density at radius 2 is 2.07 bits per heavy atom. The molecule has 3 rings (SSSR count). The predicted octanol–water partition coefficient (Wildman–Crippen LogP) is -0.932. The topological polar surface area (TPSA) is 69.6 Å². The highest BCUT2D eigenvalue weighted by molar-refractivity contribution is 6.51. The summed E-state index contributed by atoms with van der Waals surface area (Å²) in [5, 5.41) is 6.33. The SMILES string of the molecule is NC(=O)C1=Nc2ccc3c(c2=C1)=CC[N]3. The van der Waals surface area contributed by atoms with Gasteiger partial charge in [-0.05, 0) is 18.2 Å². The van der Waals surface area contributed by atoms with Crippen LogP contribution in [0.5, 0.6) is 0 Å². The van der Waals surface area contributed by atoms with Crippen molar-refractivity contribution >= 4 is 35.1 Å². The molecule has 0 saturated carbocycles. The molecule has 2 aliphatic rings. The van der Waals surface area contributed by atoms with Gasteiger partial charge in [-0.2, -0.15) is 0 Å². The number of primary amides is 1. The van der Waals surface area contributed by atoms with Crippen molar-refractivity contribution in [2.75, 3.05) is 6.54 Å². The molecule has 0 aromatic heterocycles. The third kappa shape index (κ3) is 1.08. The van der Waals surface area contributed by atoms with Gasteiger partial charge in [-0.15, -0.1) is 0 Å². The number of fused-ring (bicyclic) bond motifs is 3. The van der Waals surface area contributed by atoms with E-state index in [1.54, 1.807) is 6.08 Å². The van der Waals surface area contributed by atoms with E-state index in [0.29, 0.717) is 12.3 Å². The highest BCUT2D eigenvalue weighted by atomic mass is 16.1. The molecule has 2 N–H and O–H groups in total. The molecular formula is C11H8N3O. The molecule has 1 amide bonds. The van der Waals surface area contributed by atoms with Crippen molar-refractivity contribution in [2.45, 2.75) is 0 Å². The summed E-state index contributed by atoms with van der Waals surface area (Å²) >= 11 is 0. The lowest BCUT2D eigenvalue weighted by atomic mass is 10.2. The molecular weight excluding hydrogens is 190 g/mol. The fourth-order valence-corrected chi connectivity index (χ4v) is 1.88. The first-order valence-corrected chi connectivity index (χ1v) is 4.66. The van der Waals surface area contributed by atoms with Crippen LogP contribution in [0.1, 0.15) is 0 Å². The van der Waals surface area contributed by atoms with Gasteiger partial charge >= 0.3 is 0 Å². The lowest BCUT2D eigenvalue weighted by Crippen LogP contribution is -2.25. The van der Waals surface area contributed by atoms with Crippen LogP contribution in [0.4, 0.5) is 11.4 Å². The summed E-state index contributed by atoms with van der Waals surface area (Å²) in [6, 6.07) is 3.78. The van der Waals surface area contributed by atoms with Crippen molar-refractivity contribution in [1.82, 2.24) is 5.32 Å². The van der Waals surface area contributed by atoms with Crippen LogP contribution in [-0.2, 0) is 4.79 Å². The van der Waals surface area contributed by atoms with Crippen molar-refractivity contribution in [3.8, 4) is 0 Å². The fourth-order valence-electron chi connectivity index (χ4n) is 1.88. The second-order valence-electron chi connectivity index (χ2n) is 3.48. The Hall–Kier alpha value is -2.10. The summed E-state index contributed by atoms with van der Waals surface area (Å²) in [7, 11) is 0. The number of nitrogens with two attached hydrogens (primary N) is 1. The molecule has 1 radical (unpaired) electrons. The molecule has 0 aliphatic carbocycles. The largest absolute Gasteiger partial charge is 0.364 e. The third-order valence-corrected chi connectivity index (χ3v) is 2.57. The van der Waals surface area contributed by atoms with Crippen molar-refractivity contribution in [3.05, 3.63) is 22.6 Å². The molecule has 15 heavy (non-hydrogen) atoms. The molecule has 1 aromatic carbocycles. The molecule has 73 valence electrons. The van der Waals surface area contributed by atoms with E-state index >= 15 is 0 Å². The van der Waals surface area contributed by atoms with E-state index in [9.17, 15) is 4.79 Å². The Labute approximate surface area is 85.8 Å². The van der Waals surface area contributed by atoms with Gasteiger partial charge in [0.2, 0.25) is 0 Å². The zero-order valence-electron chi connectivity index (χ0n) is 7.90. The number of aliphatic imine (C=N–C) groups is 1. The zero-order chi connectivity index (χ0) is 10.4. The molecule has 0 fully saturated rings. The summed E-state index contributed by atoms with van der Waals surface area (Å²) in [5.74, 6) is -0.491. The first-order chi connectivity index (χ1) is 7.25. The van der Waals surface area contributed by atoms with E-state index in [4.69, 9.17) is 5.73 Å². The Morgan fingerprint density at radius 3 is 2.87 bits per heavy atom. The maximum Gasteiger partial charge on any atom is 0.267 e. The molecule has 0 atom stereocenters. The fraction of sp³-hybridized carbons (Fsp3) is 0.0909. The first-order valence-electron chi connectivity index (χ1n) is 4.66. The van der Waals surface area contributed by atoms with Crippen molar-refractivity contribution < 1.29 is 4.79 Å². The van der Waals surface area contributed by atoms with Gasteiger partial charge in [-0.3, -0.25) is 10.1 Å². The summed E-state index contributed by atoms with van der Waals surface area (Å²) in [4.78, 5) is 15.2. The van der Waals surface area contributed by atoms with Gasteiger partial charge in [-0.1, -0.05) is 6.08 Å². The van der Waals surface area contributed by atoms with E-state index in [1.807, 2.05) is 18.2 Å². The smallest absolute Gasteiger partial charge is 0.267 e. The van der Waals surface area contributed by atoms with E-state index in [-0.39, 0.29) is 0 Å². The van der Waals surface area contributed by atoms with Gasteiger partial charge in [0.05, 0.1) is 17.9 Å². The quantitative estimate of drug-likeness (QED) is 0.622. The summed E-state index contributed by atoms with van der Waals surface area (Å²) in [5.41, 5.74) is 7.27. The van der Waals surface area contributed by atoms with Crippen LogP contribution in [0.2, 0.25) is 0 Å². The minimum Gasteiger partial charge on any atom is -0.364 e. The number of benzene rings is 1. The lowest BCUT2D eigenvalue weighted by molar-refractivity contribution is -0.111. The standard InChI is InChI=1S/C11H8N3O/c12-11(15)10-5-7-6-3-4-13-8(6)1-2-9(7)14-10/h1-3,5H,4H2,(H2,12,15). The molecule has 4 nitrogen and oxygen atoms in total. The van der Waals surface area contributed by atoms with Crippen LogP contribution >= 0.6 is 0 Å². The molecule has 0 spiro atoms. The number of carbonyl (C=O) groups is 1. The Bertz CT molecular complexity index is 613. The normalized spacial score (nSPS) is 15.6. The molecule has 0 bridgehead atoms. The van der Waals surface area contributed by atoms with Gasteiger partial charge in [-0.25, -0.2) is 4.99 Å². The van der Waals surface area contributed by atoms with E-state index in [1.165, 1.54) is 0 Å². The highest BCUT2D eigenvalue weighted by Gasteiger charge is 2.14. The number of nitrogens with zero attached hydrogens (tertiary/aromatic N) is 2. The lowest BCUT2D eigenvalue weighted by Gasteiger charge is -1.95. The van der Waals surface area contributed by atoms with Crippen LogP contribution in [0.15, 0.2) is 17.1 Å². The summed E-state index contributed by atoms with van der Waals surface area (Å²) in [6.07, 6.45) is 3.76. The average Bonchev–Trinajstić information content (AvgIpc) is 2.82. The van der Waals surface area contributed by atoms with Gasteiger partial charge in [0, 0.05) is 10.4 Å². The Morgan fingerprint density at radius 1 is 1.27 bits per heavy atom. The van der Waals surface area contributed by atoms with Gasteiger partial charge in [0.1, 0.15) is 5.71 Å². The molecule has 2 heterocycles.